The van der Waals surface area contributed by atoms with Gasteiger partial charge in [-0.2, -0.15) is 0 Å². The first kappa shape index (κ1) is 11.4. The Labute approximate surface area is 99.2 Å². The summed E-state index contributed by atoms with van der Waals surface area (Å²) >= 11 is 5.92. The van der Waals surface area contributed by atoms with Crippen LogP contribution in [0, 0.1) is 0 Å². The Kier molecular flexibility index (Phi) is 3.17. The molecule has 1 aliphatic carbocycles. The molecule has 2 atom stereocenters. The van der Waals surface area contributed by atoms with E-state index >= 15 is 0 Å². The molecular weight excluding hydrogens is 226 g/mol. The number of fused-ring (bicyclic) bond motifs is 1. The molecule has 4 heteroatoms. The van der Waals surface area contributed by atoms with Crippen molar-refractivity contribution < 1.29 is 9.90 Å². The van der Waals surface area contributed by atoms with Crippen molar-refractivity contribution in [3.05, 3.63) is 34.3 Å². The average Bonchev–Trinajstić information content (AvgIpc) is 2.26. The van der Waals surface area contributed by atoms with E-state index in [1.54, 1.807) is 6.07 Å². The molecule has 1 aliphatic rings. The molecule has 0 aromatic heterocycles. The highest BCUT2D eigenvalue weighted by molar-refractivity contribution is 6.30. The van der Waals surface area contributed by atoms with Crippen LogP contribution in [-0.2, 0) is 11.2 Å². The van der Waals surface area contributed by atoms with Gasteiger partial charge in [-0.1, -0.05) is 17.7 Å². The lowest BCUT2D eigenvalue weighted by atomic mass is 9.79. The Hall–Kier alpha value is -1.06. The zero-order valence-electron chi connectivity index (χ0n) is 8.82. The molecule has 2 rings (SSSR count). The van der Waals surface area contributed by atoms with Crippen LogP contribution in [0.25, 0.3) is 0 Å². The minimum atomic E-state index is -0.937. The monoisotopic (exact) mass is 239 g/mol. The van der Waals surface area contributed by atoms with Gasteiger partial charge in [-0.15, -0.1) is 0 Å². The molecule has 0 saturated carbocycles. The van der Waals surface area contributed by atoms with E-state index in [2.05, 4.69) is 0 Å². The lowest BCUT2D eigenvalue weighted by Gasteiger charge is -2.28. The fourth-order valence-electron chi connectivity index (χ4n) is 2.37. The largest absolute Gasteiger partial charge is 0.480 e. The number of halogens is 1. The number of rotatable bonds is 2. The maximum Gasteiger partial charge on any atom is 0.321 e. The summed E-state index contributed by atoms with van der Waals surface area (Å²) in [5.41, 5.74) is 7.90. The Balaban J connectivity index is 2.36. The van der Waals surface area contributed by atoms with Crippen molar-refractivity contribution in [3.63, 3.8) is 0 Å². The van der Waals surface area contributed by atoms with E-state index in [1.165, 1.54) is 0 Å². The second kappa shape index (κ2) is 4.44. The number of nitrogens with two attached hydrogens (primary N) is 1. The Morgan fingerprint density at radius 3 is 3.00 bits per heavy atom. The molecule has 0 amide bonds. The van der Waals surface area contributed by atoms with Gasteiger partial charge in [0, 0.05) is 10.9 Å². The maximum absolute atomic E-state index is 10.9. The molecule has 3 nitrogen and oxygen atoms in total. The van der Waals surface area contributed by atoms with Crippen LogP contribution >= 0.6 is 11.6 Å². The summed E-state index contributed by atoms with van der Waals surface area (Å²) in [4.78, 5) is 10.9. The highest BCUT2D eigenvalue weighted by Crippen LogP contribution is 2.34. The highest BCUT2D eigenvalue weighted by Gasteiger charge is 2.29. The second-order valence-electron chi connectivity index (χ2n) is 4.21. The van der Waals surface area contributed by atoms with Gasteiger partial charge in [0.25, 0.3) is 0 Å². The number of benzene rings is 1. The lowest BCUT2D eigenvalue weighted by molar-refractivity contribution is -0.139. The van der Waals surface area contributed by atoms with Gasteiger partial charge < -0.3 is 10.8 Å². The van der Waals surface area contributed by atoms with Crippen molar-refractivity contribution in [2.24, 2.45) is 5.73 Å². The van der Waals surface area contributed by atoms with Crippen molar-refractivity contribution in [1.29, 1.82) is 0 Å². The van der Waals surface area contributed by atoms with E-state index in [0.29, 0.717) is 5.02 Å². The number of hydrogen-bond acceptors (Lipinski definition) is 2. The number of carboxylic acids is 1. The highest BCUT2D eigenvalue weighted by atomic mass is 35.5. The zero-order chi connectivity index (χ0) is 11.7. The van der Waals surface area contributed by atoms with E-state index < -0.39 is 12.0 Å². The molecule has 0 heterocycles. The van der Waals surface area contributed by atoms with Gasteiger partial charge in [0.05, 0.1) is 0 Å². The van der Waals surface area contributed by atoms with E-state index in [1.807, 2.05) is 12.1 Å². The van der Waals surface area contributed by atoms with Crippen LogP contribution in [0.4, 0.5) is 0 Å². The van der Waals surface area contributed by atoms with Crippen LogP contribution in [0.5, 0.6) is 0 Å². The zero-order valence-corrected chi connectivity index (χ0v) is 9.57. The third kappa shape index (κ3) is 2.06. The van der Waals surface area contributed by atoms with Crippen LogP contribution in [0.2, 0.25) is 5.02 Å². The van der Waals surface area contributed by atoms with Crippen LogP contribution in [0.3, 0.4) is 0 Å². The number of carboxylic acid groups (broad SMARTS) is 1. The van der Waals surface area contributed by atoms with Gasteiger partial charge in [-0.3, -0.25) is 4.79 Å². The first-order valence-electron chi connectivity index (χ1n) is 5.36. The van der Waals surface area contributed by atoms with Crippen molar-refractivity contribution >= 4 is 17.6 Å². The predicted molar refractivity (Wildman–Crippen MR) is 62.7 cm³/mol. The van der Waals surface area contributed by atoms with Crippen LogP contribution in [-0.4, -0.2) is 17.1 Å². The molecule has 0 aliphatic heterocycles. The van der Waals surface area contributed by atoms with E-state index in [0.717, 1.165) is 30.4 Å². The van der Waals surface area contributed by atoms with Crippen molar-refractivity contribution in [2.45, 2.75) is 31.2 Å². The molecule has 3 N–H and O–H groups in total. The SMILES string of the molecule is NC(C(=O)O)C1CCCc2cc(Cl)ccc21. The molecule has 1 aromatic carbocycles. The minimum absolute atomic E-state index is 0.0847. The quantitative estimate of drug-likeness (QED) is 0.832. The van der Waals surface area contributed by atoms with Crippen molar-refractivity contribution in [1.82, 2.24) is 0 Å². The number of aliphatic carboxylic acids is 1. The number of carbonyl (C=O) groups is 1. The molecule has 0 bridgehead atoms. The van der Waals surface area contributed by atoms with Crippen LogP contribution < -0.4 is 5.73 Å². The Morgan fingerprint density at radius 1 is 1.56 bits per heavy atom. The molecule has 0 saturated heterocycles. The molecule has 0 fully saturated rings. The fraction of sp³-hybridized carbons (Fsp3) is 0.417. The van der Waals surface area contributed by atoms with Gasteiger partial charge in [0.2, 0.25) is 0 Å². The number of hydrogen-bond donors (Lipinski definition) is 2. The summed E-state index contributed by atoms with van der Waals surface area (Å²) in [6.45, 7) is 0. The lowest BCUT2D eigenvalue weighted by Crippen LogP contribution is -2.38. The van der Waals surface area contributed by atoms with Crippen LogP contribution in [0.1, 0.15) is 29.9 Å². The van der Waals surface area contributed by atoms with Gasteiger partial charge in [-0.25, -0.2) is 0 Å². The minimum Gasteiger partial charge on any atom is -0.480 e. The normalized spacial score (nSPS) is 21.2. The summed E-state index contributed by atoms with van der Waals surface area (Å²) in [6.07, 6.45) is 2.76. The maximum atomic E-state index is 10.9. The third-order valence-electron chi connectivity index (χ3n) is 3.18. The Bertz CT molecular complexity index is 419. The summed E-state index contributed by atoms with van der Waals surface area (Å²) in [7, 11) is 0. The van der Waals surface area contributed by atoms with Crippen molar-refractivity contribution in [2.75, 3.05) is 0 Å². The van der Waals surface area contributed by atoms with Gasteiger partial charge in [0.1, 0.15) is 6.04 Å². The molecule has 16 heavy (non-hydrogen) atoms. The molecule has 0 radical (unpaired) electrons. The molecular formula is C12H14ClNO2. The van der Waals surface area contributed by atoms with Crippen LogP contribution in [0.15, 0.2) is 18.2 Å². The van der Waals surface area contributed by atoms with E-state index in [9.17, 15) is 4.79 Å². The Morgan fingerprint density at radius 2 is 2.31 bits per heavy atom. The van der Waals surface area contributed by atoms with E-state index in [4.69, 9.17) is 22.4 Å². The fourth-order valence-corrected chi connectivity index (χ4v) is 2.56. The number of aryl methyl sites for hydroxylation is 1. The first-order valence-corrected chi connectivity index (χ1v) is 5.74. The summed E-state index contributed by atoms with van der Waals surface area (Å²) < 4.78 is 0. The standard InChI is InChI=1S/C12H14ClNO2/c13-8-4-5-9-7(6-8)2-1-3-10(9)11(14)12(15)16/h4-6,10-11H,1-3,14H2,(H,15,16). The van der Waals surface area contributed by atoms with Gasteiger partial charge in [0.15, 0.2) is 0 Å². The molecule has 86 valence electrons. The van der Waals surface area contributed by atoms with Crippen molar-refractivity contribution in [3.8, 4) is 0 Å². The first-order chi connectivity index (χ1) is 7.59. The summed E-state index contributed by atoms with van der Waals surface area (Å²) in [6, 6.07) is 4.80. The van der Waals surface area contributed by atoms with Gasteiger partial charge >= 0.3 is 5.97 Å². The predicted octanol–water partition coefficient (Wildman–Crippen LogP) is 2.17. The third-order valence-corrected chi connectivity index (χ3v) is 3.42. The second-order valence-corrected chi connectivity index (χ2v) is 4.64. The summed E-state index contributed by atoms with van der Waals surface area (Å²) in [5, 5.41) is 9.66. The average molecular weight is 240 g/mol. The smallest absolute Gasteiger partial charge is 0.321 e. The summed E-state index contributed by atoms with van der Waals surface area (Å²) in [5.74, 6) is -1.02. The van der Waals surface area contributed by atoms with Gasteiger partial charge in [-0.05, 0) is 42.5 Å². The van der Waals surface area contributed by atoms with E-state index in [-0.39, 0.29) is 5.92 Å². The molecule has 2 unspecified atom stereocenters. The molecule has 1 aromatic rings. The molecule has 0 spiro atoms. The topological polar surface area (TPSA) is 63.3 Å².